The summed E-state index contributed by atoms with van der Waals surface area (Å²) in [6.07, 6.45) is -3.39. The maximum atomic E-state index is 12.7. The van der Waals surface area contributed by atoms with E-state index in [0.717, 1.165) is 17.8 Å². The first-order valence-electron chi connectivity index (χ1n) is 7.82. The number of esters is 1. The second-order valence-electron chi connectivity index (χ2n) is 5.67. The third-order valence-electron chi connectivity index (χ3n) is 4.14. The van der Waals surface area contributed by atoms with Gasteiger partial charge in [-0.1, -0.05) is 5.21 Å². The van der Waals surface area contributed by atoms with Crippen LogP contribution in [0.15, 0.2) is 29.8 Å². The summed E-state index contributed by atoms with van der Waals surface area (Å²) in [5.74, 6) is -0.366. The average molecular weight is 351 g/mol. The lowest BCUT2D eigenvalue weighted by atomic mass is 9.93. The van der Waals surface area contributed by atoms with Crippen molar-refractivity contribution in [2.24, 2.45) is 0 Å². The normalized spacial score (nSPS) is 14.4. The molecule has 0 saturated heterocycles. The lowest BCUT2D eigenvalue weighted by Crippen LogP contribution is -2.15. The summed E-state index contributed by atoms with van der Waals surface area (Å²) in [6.45, 7) is 3.81. The van der Waals surface area contributed by atoms with Gasteiger partial charge in [-0.05, 0) is 56.5 Å². The molecule has 0 saturated carbocycles. The van der Waals surface area contributed by atoms with Crippen molar-refractivity contribution < 1.29 is 22.7 Å². The lowest BCUT2D eigenvalue weighted by Gasteiger charge is -2.17. The molecular weight excluding hydrogens is 335 g/mol. The van der Waals surface area contributed by atoms with Gasteiger partial charge in [-0.2, -0.15) is 13.2 Å². The molecule has 0 radical (unpaired) electrons. The van der Waals surface area contributed by atoms with Crippen LogP contribution in [0.1, 0.15) is 37.2 Å². The van der Waals surface area contributed by atoms with Crippen molar-refractivity contribution in [3.05, 3.63) is 46.8 Å². The second-order valence-corrected chi connectivity index (χ2v) is 5.67. The smallest absolute Gasteiger partial charge is 0.416 e. The van der Waals surface area contributed by atoms with Crippen molar-refractivity contribution in [2.75, 3.05) is 6.61 Å². The van der Waals surface area contributed by atoms with E-state index < -0.39 is 11.7 Å². The molecule has 0 atom stereocenters. The Bertz CT molecular complexity index is 836. The highest BCUT2D eigenvalue weighted by molar-refractivity contribution is 5.97. The van der Waals surface area contributed by atoms with Crippen LogP contribution in [0.4, 0.5) is 13.2 Å². The first-order chi connectivity index (χ1) is 11.8. The molecule has 8 heteroatoms. The molecule has 5 nitrogen and oxygen atoms in total. The molecule has 132 valence electrons. The number of rotatable bonds is 3. The number of carbonyl (C=O) groups excluding carboxylic acids is 1. The largest absolute Gasteiger partial charge is 0.463 e. The monoisotopic (exact) mass is 351 g/mol. The Hall–Kier alpha value is -2.64. The van der Waals surface area contributed by atoms with E-state index in [9.17, 15) is 18.0 Å². The van der Waals surface area contributed by atoms with Gasteiger partial charge in [0.15, 0.2) is 0 Å². The number of ether oxygens (including phenoxy) is 1. The van der Waals surface area contributed by atoms with E-state index in [-0.39, 0.29) is 5.97 Å². The Labute approximate surface area is 142 Å². The second kappa shape index (κ2) is 6.34. The fraction of sp³-hybridized carbons (Fsp3) is 0.353. The van der Waals surface area contributed by atoms with Crippen LogP contribution in [0.2, 0.25) is 0 Å². The molecule has 0 N–H and O–H groups in total. The van der Waals surface area contributed by atoms with Gasteiger partial charge in [-0.15, -0.1) is 5.10 Å². The third-order valence-corrected chi connectivity index (χ3v) is 4.14. The molecule has 1 aliphatic carbocycles. The van der Waals surface area contributed by atoms with Gasteiger partial charge in [0.2, 0.25) is 0 Å². The fourth-order valence-electron chi connectivity index (χ4n) is 2.86. The van der Waals surface area contributed by atoms with E-state index in [1.54, 1.807) is 13.8 Å². The maximum Gasteiger partial charge on any atom is 0.416 e. The number of carbonyl (C=O) groups is 1. The van der Waals surface area contributed by atoms with Gasteiger partial charge in [-0.3, -0.25) is 0 Å². The van der Waals surface area contributed by atoms with Crippen molar-refractivity contribution >= 4 is 11.5 Å². The minimum atomic E-state index is -4.38. The highest BCUT2D eigenvalue weighted by atomic mass is 19.4. The molecule has 25 heavy (non-hydrogen) atoms. The van der Waals surface area contributed by atoms with Crippen LogP contribution in [0.5, 0.6) is 0 Å². The van der Waals surface area contributed by atoms with Crippen LogP contribution in [-0.4, -0.2) is 27.6 Å². The molecule has 0 unspecified atom stereocenters. The van der Waals surface area contributed by atoms with Crippen molar-refractivity contribution in [1.82, 2.24) is 15.0 Å². The first-order valence-corrected chi connectivity index (χ1v) is 7.82. The Balaban J connectivity index is 1.96. The zero-order valence-corrected chi connectivity index (χ0v) is 13.7. The fourth-order valence-corrected chi connectivity index (χ4v) is 2.86. The molecule has 0 fully saturated rings. The van der Waals surface area contributed by atoms with Gasteiger partial charge < -0.3 is 4.74 Å². The third kappa shape index (κ3) is 3.16. The molecule has 0 spiro atoms. The van der Waals surface area contributed by atoms with Crippen LogP contribution >= 0.6 is 0 Å². The molecule has 0 amide bonds. The summed E-state index contributed by atoms with van der Waals surface area (Å²) in [4.78, 5) is 12.0. The molecular formula is C17H16F3N3O2. The number of halogens is 3. The summed E-state index contributed by atoms with van der Waals surface area (Å²) >= 11 is 0. The topological polar surface area (TPSA) is 57.0 Å². The summed E-state index contributed by atoms with van der Waals surface area (Å²) < 4.78 is 44.6. The zero-order chi connectivity index (χ0) is 18.2. The summed E-state index contributed by atoms with van der Waals surface area (Å²) in [6, 6.07) is 4.74. The van der Waals surface area contributed by atoms with Crippen LogP contribution in [0.3, 0.4) is 0 Å². The minimum Gasteiger partial charge on any atom is -0.463 e. The van der Waals surface area contributed by atoms with Crippen molar-refractivity contribution in [3.8, 4) is 5.69 Å². The van der Waals surface area contributed by atoms with Gasteiger partial charge in [0, 0.05) is 5.57 Å². The molecule has 1 aromatic carbocycles. The molecule has 0 bridgehead atoms. The summed E-state index contributed by atoms with van der Waals surface area (Å²) in [7, 11) is 0. The van der Waals surface area contributed by atoms with Crippen molar-refractivity contribution in [2.45, 2.75) is 32.9 Å². The number of alkyl halides is 3. The quantitative estimate of drug-likeness (QED) is 0.794. The van der Waals surface area contributed by atoms with E-state index in [1.807, 2.05) is 0 Å². The first kappa shape index (κ1) is 17.2. The van der Waals surface area contributed by atoms with Gasteiger partial charge >= 0.3 is 12.1 Å². The van der Waals surface area contributed by atoms with Crippen molar-refractivity contribution in [3.63, 3.8) is 0 Å². The SMILES string of the molecule is CCOC(=O)C1=C(C)c2nnn(-c3ccc(C(F)(F)F)cc3)c2CC1. The highest BCUT2D eigenvalue weighted by Gasteiger charge is 2.31. The molecule has 1 aliphatic rings. The van der Waals surface area contributed by atoms with Crippen LogP contribution in [0.25, 0.3) is 11.3 Å². The standard InChI is InChI=1S/C17H16F3N3O2/c1-3-25-16(24)13-8-9-14-15(10(13)2)21-22-23(14)12-6-4-11(5-7-12)17(18,19)20/h4-7H,3,8-9H2,1-2H3. The number of aromatic nitrogens is 3. The predicted octanol–water partition coefficient (Wildman–Crippen LogP) is 3.57. The summed E-state index contributed by atoms with van der Waals surface area (Å²) in [5.41, 5.74) is 2.38. The molecule has 1 heterocycles. The molecule has 1 aromatic heterocycles. The highest BCUT2D eigenvalue weighted by Crippen LogP contribution is 2.33. The van der Waals surface area contributed by atoms with E-state index in [0.29, 0.717) is 42.0 Å². The Morgan fingerprint density at radius 1 is 1.24 bits per heavy atom. The van der Waals surface area contributed by atoms with Gasteiger partial charge in [0.05, 0.1) is 23.6 Å². The summed E-state index contributed by atoms with van der Waals surface area (Å²) in [5, 5.41) is 8.15. The van der Waals surface area contributed by atoms with Gasteiger partial charge in [0.1, 0.15) is 5.69 Å². The van der Waals surface area contributed by atoms with E-state index in [1.165, 1.54) is 16.8 Å². The minimum absolute atomic E-state index is 0.292. The van der Waals surface area contributed by atoms with Gasteiger partial charge in [-0.25, -0.2) is 9.48 Å². The van der Waals surface area contributed by atoms with Crippen LogP contribution < -0.4 is 0 Å². The Kier molecular flexibility index (Phi) is 4.36. The number of nitrogens with zero attached hydrogens (tertiary/aromatic N) is 3. The Morgan fingerprint density at radius 2 is 1.92 bits per heavy atom. The van der Waals surface area contributed by atoms with Crippen LogP contribution in [0, 0.1) is 0 Å². The lowest BCUT2D eigenvalue weighted by molar-refractivity contribution is -0.139. The number of benzene rings is 1. The van der Waals surface area contributed by atoms with Gasteiger partial charge in [0.25, 0.3) is 0 Å². The molecule has 0 aliphatic heterocycles. The van der Waals surface area contributed by atoms with Crippen LogP contribution in [-0.2, 0) is 22.1 Å². The number of hydrogen-bond acceptors (Lipinski definition) is 4. The van der Waals surface area contributed by atoms with E-state index >= 15 is 0 Å². The zero-order valence-electron chi connectivity index (χ0n) is 13.7. The average Bonchev–Trinajstić information content (AvgIpc) is 2.99. The number of fused-ring (bicyclic) bond motifs is 1. The number of allylic oxidation sites excluding steroid dienone is 1. The maximum absolute atomic E-state index is 12.7. The number of hydrogen-bond donors (Lipinski definition) is 0. The van der Waals surface area contributed by atoms with Crippen molar-refractivity contribution in [1.29, 1.82) is 0 Å². The van der Waals surface area contributed by atoms with E-state index in [4.69, 9.17) is 4.74 Å². The Morgan fingerprint density at radius 3 is 2.52 bits per heavy atom. The predicted molar refractivity (Wildman–Crippen MR) is 83.9 cm³/mol. The molecule has 2 aromatic rings. The molecule has 3 rings (SSSR count). The van der Waals surface area contributed by atoms with E-state index in [2.05, 4.69) is 10.3 Å².